The van der Waals surface area contributed by atoms with E-state index in [2.05, 4.69) is 5.32 Å². The summed E-state index contributed by atoms with van der Waals surface area (Å²) in [4.78, 5) is 43.2. The molecule has 1 N–H and O–H groups in total. The van der Waals surface area contributed by atoms with Crippen molar-refractivity contribution in [3.63, 3.8) is 0 Å². The van der Waals surface area contributed by atoms with Crippen molar-refractivity contribution in [2.75, 3.05) is 38.0 Å². The maximum Gasteiger partial charge on any atom is 0.321 e. The van der Waals surface area contributed by atoms with Gasteiger partial charge in [0.2, 0.25) is 11.8 Å². The van der Waals surface area contributed by atoms with Gasteiger partial charge in [0, 0.05) is 56.3 Å². The van der Waals surface area contributed by atoms with E-state index < -0.39 is 0 Å². The molecule has 0 aliphatic carbocycles. The van der Waals surface area contributed by atoms with Crippen molar-refractivity contribution in [1.29, 1.82) is 0 Å². The van der Waals surface area contributed by atoms with Crippen LogP contribution in [-0.2, 0) is 9.59 Å². The lowest BCUT2D eigenvalue weighted by molar-refractivity contribution is -0.136. The summed E-state index contributed by atoms with van der Waals surface area (Å²) in [6, 6.07) is 6.90. The van der Waals surface area contributed by atoms with Gasteiger partial charge in [0.1, 0.15) is 0 Å². The van der Waals surface area contributed by atoms with Gasteiger partial charge in [-0.1, -0.05) is 11.6 Å². The van der Waals surface area contributed by atoms with Crippen LogP contribution in [0.15, 0.2) is 24.3 Å². The molecule has 29 heavy (non-hydrogen) atoms. The third-order valence-electron chi connectivity index (χ3n) is 6.90. The highest BCUT2D eigenvalue weighted by molar-refractivity contribution is 6.30. The number of hydrogen-bond donors (Lipinski definition) is 1. The van der Waals surface area contributed by atoms with Crippen LogP contribution in [0.2, 0.25) is 5.02 Å². The number of carbonyl (C=O) groups excluding carboxylic acids is 3. The Balaban J connectivity index is 1.46. The van der Waals surface area contributed by atoms with Gasteiger partial charge >= 0.3 is 6.03 Å². The average Bonchev–Trinajstić information content (AvgIpc) is 3.24. The fourth-order valence-corrected chi connectivity index (χ4v) is 5.55. The summed E-state index contributed by atoms with van der Waals surface area (Å²) in [5.41, 5.74) is 0.455. The van der Waals surface area contributed by atoms with Crippen molar-refractivity contribution >= 4 is 35.1 Å². The first-order chi connectivity index (χ1) is 13.9. The number of amides is 4. The van der Waals surface area contributed by atoms with Crippen LogP contribution >= 0.6 is 11.6 Å². The molecule has 7 nitrogen and oxygen atoms in total. The maximum atomic E-state index is 13.0. The van der Waals surface area contributed by atoms with E-state index in [1.54, 1.807) is 31.2 Å². The van der Waals surface area contributed by atoms with Crippen LogP contribution in [0, 0.1) is 11.8 Å². The second-order valence-corrected chi connectivity index (χ2v) is 8.68. The Kier molecular flexibility index (Phi) is 5.19. The number of anilines is 1. The first-order valence-electron chi connectivity index (χ1n) is 10.2. The van der Waals surface area contributed by atoms with Crippen molar-refractivity contribution in [3.05, 3.63) is 29.3 Å². The fourth-order valence-electron chi connectivity index (χ4n) is 5.42. The summed E-state index contributed by atoms with van der Waals surface area (Å²) < 4.78 is 0. The summed E-state index contributed by atoms with van der Waals surface area (Å²) >= 11 is 5.90. The summed E-state index contributed by atoms with van der Waals surface area (Å²) in [6.07, 6.45) is 1.49. The zero-order valence-corrected chi connectivity index (χ0v) is 17.6. The summed E-state index contributed by atoms with van der Waals surface area (Å²) in [6.45, 7) is 6.60. The lowest BCUT2D eigenvalue weighted by atomic mass is 9.75. The lowest BCUT2D eigenvalue weighted by Gasteiger charge is -2.47. The Hall–Kier alpha value is -2.28. The van der Waals surface area contributed by atoms with E-state index in [4.69, 9.17) is 11.6 Å². The third kappa shape index (κ3) is 3.35. The second-order valence-electron chi connectivity index (χ2n) is 8.25. The van der Waals surface area contributed by atoms with Gasteiger partial charge in [0.05, 0.1) is 11.5 Å². The third-order valence-corrected chi connectivity index (χ3v) is 7.16. The molecular weight excluding hydrogens is 392 g/mol. The molecule has 0 unspecified atom stereocenters. The minimum atomic E-state index is -0.252. The van der Waals surface area contributed by atoms with E-state index in [1.807, 2.05) is 21.6 Å². The minimum Gasteiger partial charge on any atom is -0.342 e. The molecule has 0 saturated carbocycles. The smallest absolute Gasteiger partial charge is 0.321 e. The molecule has 8 heteroatoms. The van der Waals surface area contributed by atoms with Crippen LogP contribution < -0.4 is 5.32 Å². The number of piperidine rings is 1. The van der Waals surface area contributed by atoms with Crippen LogP contribution in [0.3, 0.4) is 0 Å². The molecule has 3 aliphatic heterocycles. The zero-order chi connectivity index (χ0) is 20.8. The molecular formula is C21H27ClN4O3. The molecule has 1 aromatic carbocycles. The molecule has 2 atom stereocenters. The van der Waals surface area contributed by atoms with Crippen LogP contribution in [-0.4, -0.2) is 70.8 Å². The molecule has 1 aromatic rings. The summed E-state index contributed by atoms with van der Waals surface area (Å²) in [5.74, 6) is 0.249. The van der Waals surface area contributed by atoms with Gasteiger partial charge in [-0.2, -0.15) is 0 Å². The topological polar surface area (TPSA) is 73.0 Å². The molecule has 156 valence electrons. The summed E-state index contributed by atoms with van der Waals surface area (Å²) in [5, 5.41) is 3.54. The van der Waals surface area contributed by atoms with Crippen molar-refractivity contribution in [1.82, 2.24) is 14.7 Å². The van der Waals surface area contributed by atoms with Gasteiger partial charge in [-0.25, -0.2) is 4.79 Å². The van der Waals surface area contributed by atoms with Gasteiger partial charge in [-0.05, 0) is 44.0 Å². The number of fused-ring (bicyclic) bond motifs is 2. The highest BCUT2D eigenvalue weighted by atomic mass is 35.5. The zero-order valence-electron chi connectivity index (χ0n) is 16.9. The molecule has 0 aromatic heterocycles. The maximum absolute atomic E-state index is 13.0. The van der Waals surface area contributed by atoms with Crippen molar-refractivity contribution in [2.45, 2.75) is 32.2 Å². The normalized spacial score (nSPS) is 25.5. The van der Waals surface area contributed by atoms with E-state index in [0.29, 0.717) is 43.4 Å². The SMILES string of the molecule is CCN1C(=O)[C@@H]2CN(C(C)=O)C[C@@H]2C12CCN(C(=O)Nc1ccc(Cl)cc1)CC2. The molecule has 3 saturated heterocycles. The predicted molar refractivity (Wildman–Crippen MR) is 111 cm³/mol. The van der Waals surface area contributed by atoms with E-state index in [1.165, 1.54) is 0 Å². The first-order valence-corrected chi connectivity index (χ1v) is 10.6. The van der Waals surface area contributed by atoms with Crippen LogP contribution in [0.25, 0.3) is 0 Å². The number of nitrogens with one attached hydrogen (secondary N) is 1. The minimum absolute atomic E-state index is 0.0326. The number of urea groups is 1. The molecule has 3 fully saturated rings. The Labute approximate surface area is 176 Å². The number of hydrogen-bond acceptors (Lipinski definition) is 3. The largest absolute Gasteiger partial charge is 0.342 e. The van der Waals surface area contributed by atoms with Crippen LogP contribution in [0.5, 0.6) is 0 Å². The predicted octanol–water partition coefficient (Wildman–Crippen LogP) is 2.66. The number of benzene rings is 1. The molecule has 3 aliphatic rings. The first kappa shape index (κ1) is 20.0. The van der Waals surface area contributed by atoms with E-state index in [0.717, 1.165) is 12.8 Å². The molecule has 4 amide bonds. The number of halogens is 1. The fraction of sp³-hybridized carbons (Fsp3) is 0.571. The number of nitrogens with zero attached hydrogens (tertiary/aromatic N) is 3. The monoisotopic (exact) mass is 418 g/mol. The Morgan fingerprint density at radius 1 is 1.14 bits per heavy atom. The molecule has 1 spiro atoms. The second kappa shape index (κ2) is 7.52. The van der Waals surface area contributed by atoms with Crippen molar-refractivity contribution in [3.8, 4) is 0 Å². The standard InChI is InChI=1S/C21H27ClN4O3/c1-3-26-19(28)17-12-25(14(2)27)13-18(17)21(26)8-10-24(11-9-21)20(29)23-16-6-4-15(22)5-7-16/h4-7,17-18H,3,8-13H2,1-2H3,(H,23,29)/t17-,18+/m1/s1. The Morgan fingerprint density at radius 3 is 2.38 bits per heavy atom. The van der Waals surface area contributed by atoms with Gasteiger partial charge in [0.15, 0.2) is 0 Å². The molecule has 4 rings (SSSR count). The van der Waals surface area contributed by atoms with E-state index in [-0.39, 0.29) is 35.2 Å². The van der Waals surface area contributed by atoms with Crippen molar-refractivity contribution < 1.29 is 14.4 Å². The van der Waals surface area contributed by atoms with E-state index in [9.17, 15) is 14.4 Å². The van der Waals surface area contributed by atoms with Gasteiger partial charge in [-0.3, -0.25) is 9.59 Å². The Bertz CT molecular complexity index is 820. The van der Waals surface area contributed by atoms with Crippen LogP contribution in [0.1, 0.15) is 26.7 Å². The van der Waals surface area contributed by atoms with Gasteiger partial charge in [0.25, 0.3) is 0 Å². The number of likely N-dealkylation sites (tertiary alicyclic amines) is 3. The summed E-state index contributed by atoms with van der Waals surface area (Å²) in [7, 11) is 0. The van der Waals surface area contributed by atoms with Gasteiger partial charge in [-0.15, -0.1) is 0 Å². The quantitative estimate of drug-likeness (QED) is 0.802. The van der Waals surface area contributed by atoms with Crippen LogP contribution in [0.4, 0.5) is 10.5 Å². The highest BCUT2D eigenvalue weighted by Gasteiger charge is 2.61. The number of rotatable bonds is 2. The average molecular weight is 419 g/mol. The van der Waals surface area contributed by atoms with Crippen molar-refractivity contribution in [2.24, 2.45) is 11.8 Å². The molecule has 0 radical (unpaired) electrons. The highest BCUT2D eigenvalue weighted by Crippen LogP contribution is 2.49. The van der Waals surface area contributed by atoms with Gasteiger partial charge < -0.3 is 20.0 Å². The Morgan fingerprint density at radius 2 is 1.79 bits per heavy atom. The molecule has 0 bridgehead atoms. The molecule has 3 heterocycles. The number of carbonyl (C=O) groups is 3. The lowest BCUT2D eigenvalue weighted by Crippen LogP contribution is -2.58. The van der Waals surface area contributed by atoms with E-state index >= 15 is 0 Å².